The second kappa shape index (κ2) is 3.67. The Bertz CT molecular complexity index is 281. The first kappa shape index (κ1) is 10.2. The maximum absolute atomic E-state index is 3.68. The van der Waals surface area contributed by atoms with E-state index in [-0.39, 0.29) is 0 Å². The highest BCUT2D eigenvalue weighted by Crippen LogP contribution is 2.40. The van der Waals surface area contributed by atoms with Crippen LogP contribution in [0.15, 0.2) is 17.5 Å². The van der Waals surface area contributed by atoms with Crippen LogP contribution >= 0.6 is 11.3 Å². The first-order valence-electron chi connectivity index (χ1n) is 5.36. The number of thiophene rings is 1. The average molecular weight is 209 g/mol. The van der Waals surface area contributed by atoms with Gasteiger partial charge in [-0.3, -0.25) is 0 Å². The lowest BCUT2D eigenvalue weighted by Gasteiger charge is -2.44. The van der Waals surface area contributed by atoms with Gasteiger partial charge in [0.15, 0.2) is 0 Å². The van der Waals surface area contributed by atoms with Crippen LogP contribution in [-0.4, -0.2) is 6.04 Å². The molecule has 0 aromatic carbocycles. The van der Waals surface area contributed by atoms with E-state index in [0.717, 1.165) is 6.04 Å². The van der Waals surface area contributed by atoms with Gasteiger partial charge in [0.1, 0.15) is 0 Å². The van der Waals surface area contributed by atoms with Crippen molar-refractivity contribution in [3.05, 3.63) is 22.4 Å². The van der Waals surface area contributed by atoms with Crippen LogP contribution in [0.25, 0.3) is 0 Å². The zero-order valence-electron chi connectivity index (χ0n) is 9.21. The van der Waals surface area contributed by atoms with Gasteiger partial charge in [-0.05, 0) is 36.6 Å². The van der Waals surface area contributed by atoms with Crippen LogP contribution in [-0.2, 0) is 0 Å². The molecule has 1 aliphatic rings. The zero-order chi connectivity index (χ0) is 10.2. The van der Waals surface area contributed by atoms with E-state index in [1.807, 2.05) is 11.3 Å². The largest absolute Gasteiger partial charge is 0.307 e. The minimum atomic E-state index is 0.524. The molecule has 0 spiro atoms. The molecular formula is C12H19NS. The maximum Gasteiger partial charge on any atom is 0.0388 e. The Kier molecular flexibility index (Phi) is 2.67. The Morgan fingerprint density at radius 3 is 2.71 bits per heavy atom. The molecule has 0 unspecified atom stereocenters. The second-order valence-corrected chi connectivity index (χ2v) is 6.15. The second-order valence-electron chi connectivity index (χ2n) is 5.17. The molecule has 0 amide bonds. The molecule has 0 aliphatic heterocycles. The first-order valence-corrected chi connectivity index (χ1v) is 6.24. The number of hydrogen-bond donors (Lipinski definition) is 1. The third-order valence-corrected chi connectivity index (χ3v) is 4.11. The van der Waals surface area contributed by atoms with E-state index in [0.29, 0.717) is 11.5 Å². The van der Waals surface area contributed by atoms with E-state index in [1.54, 1.807) is 0 Å². The van der Waals surface area contributed by atoms with Gasteiger partial charge in [-0.1, -0.05) is 19.9 Å². The monoisotopic (exact) mass is 209 g/mol. The van der Waals surface area contributed by atoms with E-state index in [2.05, 4.69) is 43.6 Å². The summed E-state index contributed by atoms with van der Waals surface area (Å²) in [5.74, 6) is 0. The average Bonchev–Trinajstić information content (AvgIpc) is 2.51. The minimum absolute atomic E-state index is 0.524. The lowest BCUT2D eigenvalue weighted by molar-refractivity contribution is 0.118. The van der Waals surface area contributed by atoms with E-state index in [4.69, 9.17) is 0 Å². The standard InChI is InChI=1S/C12H19NS/c1-9(11-5-4-6-14-11)13-10-7-12(2,3)8-10/h4-6,9-10,13H,7-8H2,1-3H3/t9-/m0/s1. The molecule has 0 saturated heterocycles. The third kappa shape index (κ3) is 2.18. The molecule has 1 fully saturated rings. The predicted octanol–water partition coefficient (Wildman–Crippen LogP) is 3.59. The highest BCUT2D eigenvalue weighted by Gasteiger charge is 2.36. The van der Waals surface area contributed by atoms with Crippen LogP contribution in [0.3, 0.4) is 0 Å². The van der Waals surface area contributed by atoms with Crippen LogP contribution in [0.1, 0.15) is 44.5 Å². The molecule has 0 bridgehead atoms. The van der Waals surface area contributed by atoms with Crippen molar-refractivity contribution in [2.45, 2.75) is 45.7 Å². The van der Waals surface area contributed by atoms with Gasteiger partial charge in [0.05, 0.1) is 0 Å². The lowest BCUT2D eigenvalue weighted by Crippen LogP contribution is -2.46. The summed E-state index contributed by atoms with van der Waals surface area (Å²) in [6, 6.07) is 5.60. The fourth-order valence-electron chi connectivity index (χ4n) is 2.37. The molecule has 0 radical (unpaired) electrons. The van der Waals surface area contributed by atoms with E-state index in [9.17, 15) is 0 Å². The summed E-state index contributed by atoms with van der Waals surface area (Å²) < 4.78 is 0. The Labute approximate surface area is 90.5 Å². The molecule has 14 heavy (non-hydrogen) atoms. The Hall–Kier alpha value is -0.340. The molecule has 1 saturated carbocycles. The van der Waals surface area contributed by atoms with Crippen molar-refractivity contribution in [1.82, 2.24) is 5.32 Å². The molecule has 78 valence electrons. The minimum Gasteiger partial charge on any atom is -0.307 e. The van der Waals surface area contributed by atoms with Crippen molar-refractivity contribution in [1.29, 1.82) is 0 Å². The molecule has 1 nitrogen and oxygen atoms in total. The van der Waals surface area contributed by atoms with Gasteiger partial charge in [0.25, 0.3) is 0 Å². The van der Waals surface area contributed by atoms with Crippen molar-refractivity contribution in [3.63, 3.8) is 0 Å². The van der Waals surface area contributed by atoms with Gasteiger partial charge in [-0.15, -0.1) is 11.3 Å². The van der Waals surface area contributed by atoms with Crippen molar-refractivity contribution in [3.8, 4) is 0 Å². The molecule has 1 aliphatic carbocycles. The highest BCUT2D eigenvalue weighted by atomic mass is 32.1. The SMILES string of the molecule is C[C@H](NC1CC(C)(C)C1)c1cccs1. The highest BCUT2D eigenvalue weighted by molar-refractivity contribution is 7.10. The summed E-state index contributed by atoms with van der Waals surface area (Å²) in [7, 11) is 0. The molecule has 2 heteroatoms. The van der Waals surface area contributed by atoms with Crippen molar-refractivity contribution < 1.29 is 0 Å². The third-order valence-electron chi connectivity index (χ3n) is 3.05. The lowest BCUT2D eigenvalue weighted by atomic mass is 9.68. The maximum atomic E-state index is 3.68. The predicted molar refractivity (Wildman–Crippen MR) is 62.7 cm³/mol. The van der Waals surface area contributed by atoms with Gasteiger partial charge in [-0.25, -0.2) is 0 Å². The van der Waals surface area contributed by atoms with Crippen molar-refractivity contribution in [2.75, 3.05) is 0 Å². The van der Waals surface area contributed by atoms with Crippen LogP contribution in [0.4, 0.5) is 0 Å². The molecule has 1 heterocycles. The molecule has 2 rings (SSSR count). The van der Waals surface area contributed by atoms with E-state index < -0.39 is 0 Å². The van der Waals surface area contributed by atoms with Crippen LogP contribution in [0.5, 0.6) is 0 Å². The van der Waals surface area contributed by atoms with Gasteiger partial charge >= 0.3 is 0 Å². The summed E-state index contributed by atoms with van der Waals surface area (Å²) in [6.45, 7) is 6.96. The molecule has 1 N–H and O–H groups in total. The Morgan fingerprint density at radius 1 is 1.50 bits per heavy atom. The Morgan fingerprint density at radius 2 is 2.21 bits per heavy atom. The zero-order valence-corrected chi connectivity index (χ0v) is 10.0. The van der Waals surface area contributed by atoms with Crippen LogP contribution in [0.2, 0.25) is 0 Å². The summed E-state index contributed by atoms with van der Waals surface area (Å²) in [5.41, 5.74) is 0.576. The smallest absolute Gasteiger partial charge is 0.0388 e. The summed E-state index contributed by atoms with van der Waals surface area (Å²) in [4.78, 5) is 1.45. The van der Waals surface area contributed by atoms with Gasteiger partial charge in [0, 0.05) is 17.0 Å². The van der Waals surface area contributed by atoms with Crippen molar-refractivity contribution in [2.24, 2.45) is 5.41 Å². The van der Waals surface area contributed by atoms with Gasteiger partial charge < -0.3 is 5.32 Å². The summed E-state index contributed by atoms with van der Waals surface area (Å²) in [6.07, 6.45) is 2.64. The number of nitrogens with one attached hydrogen (secondary N) is 1. The number of rotatable bonds is 3. The van der Waals surface area contributed by atoms with Crippen LogP contribution in [0, 0.1) is 5.41 Å². The number of hydrogen-bond acceptors (Lipinski definition) is 2. The fraction of sp³-hybridized carbons (Fsp3) is 0.667. The summed E-state index contributed by atoms with van der Waals surface area (Å²) in [5, 5.41) is 5.84. The molecular weight excluding hydrogens is 190 g/mol. The molecule has 1 aromatic rings. The summed E-state index contributed by atoms with van der Waals surface area (Å²) >= 11 is 1.84. The van der Waals surface area contributed by atoms with Crippen molar-refractivity contribution >= 4 is 11.3 Å². The van der Waals surface area contributed by atoms with Gasteiger partial charge in [0.2, 0.25) is 0 Å². The van der Waals surface area contributed by atoms with Gasteiger partial charge in [-0.2, -0.15) is 0 Å². The van der Waals surface area contributed by atoms with E-state index >= 15 is 0 Å². The first-order chi connectivity index (χ1) is 6.57. The van der Waals surface area contributed by atoms with Crippen LogP contribution < -0.4 is 5.32 Å². The molecule has 1 atom stereocenters. The topological polar surface area (TPSA) is 12.0 Å². The molecule has 1 aromatic heterocycles. The van der Waals surface area contributed by atoms with E-state index in [1.165, 1.54) is 17.7 Å². The quantitative estimate of drug-likeness (QED) is 0.802. The normalized spacial score (nSPS) is 23.1. The fourth-order valence-corrected chi connectivity index (χ4v) is 3.11. The Balaban J connectivity index is 1.82.